The van der Waals surface area contributed by atoms with E-state index in [0.717, 1.165) is 11.5 Å². The fourth-order valence-corrected chi connectivity index (χ4v) is 3.72. The first-order valence-electron chi connectivity index (χ1n) is 9.53. The van der Waals surface area contributed by atoms with Gasteiger partial charge in [-0.25, -0.2) is 4.98 Å². The molecule has 2 fully saturated rings. The highest BCUT2D eigenvalue weighted by Crippen LogP contribution is 2.43. The van der Waals surface area contributed by atoms with Crippen molar-refractivity contribution in [3.05, 3.63) is 29.6 Å². The van der Waals surface area contributed by atoms with Crippen LogP contribution in [0.15, 0.2) is 18.3 Å². The van der Waals surface area contributed by atoms with Gasteiger partial charge in [-0.15, -0.1) is 0 Å². The second-order valence-electron chi connectivity index (χ2n) is 7.29. The second kappa shape index (κ2) is 7.04. The SMILES string of the molecule is NCCNC(=O)c1ccn2c(NC3CCCCC3)c(C3CC3)nc2c1. The molecule has 0 atom stereocenters. The first-order chi connectivity index (χ1) is 12.3. The van der Waals surface area contributed by atoms with Crippen LogP contribution >= 0.6 is 0 Å². The molecule has 2 aromatic rings. The summed E-state index contributed by atoms with van der Waals surface area (Å²) < 4.78 is 2.11. The molecule has 4 rings (SSSR count). The highest BCUT2D eigenvalue weighted by Gasteiger charge is 2.31. The Balaban J connectivity index is 1.64. The van der Waals surface area contributed by atoms with E-state index in [1.807, 2.05) is 18.3 Å². The highest BCUT2D eigenvalue weighted by atomic mass is 16.1. The molecule has 0 unspecified atom stereocenters. The number of amides is 1. The minimum absolute atomic E-state index is 0.0919. The van der Waals surface area contributed by atoms with Gasteiger partial charge in [0.1, 0.15) is 11.5 Å². The number of hydrogen-bond acceptors (Lipinski definition) is 4. The van der Waals surface area contributed by atoms with E-state index in [1.165, 1.54) is 50.6 Å². The maximum absolute atomic E-state index is 12.2. The summed E-state index contributed by atoms with van der Waals surface area (Å²) in [7, 11) is 0. The van der Waals surface area contributed by atoms with Gasteiger partial charge < -0.3 is 16.4 Å². The third-order valence-corrected chi connectivity index (χ3v) is 5.26. The smallest absolute Gasteiger partial charge is 0.251 e. The van der Waals surface area contributed by atoms with Crippen molar-refractivity contribution in [2.75, 3.05) is 18.4 Å². The number of hydrogen-bond donors (Lipinski definition) is 3. The van der Waals surface area contributed by atoms with Crippen LogP contribution in [0.25, 0.3) is 5.65 Å². The molecule has 134 valence electrons. The molecule has 25 heavy (non-hydrogen) atoms. The van der Waals surface area contributed by atoms with Crippen molar-refractivity contribution in [2.24, 2.45) is 5.73 Å². The Bertz CT molecular complexity index is 759. The molecular formula is C19H27N5O. The second-order valence-corrected chi connectivity index (χ2v) is 7.29. The summed E-state index contributed by atoms with van der Waals surface area (Å²) in [6, 6.07) is 4.28. The summed E-state index contributed by atoms with van der Waals surface area (Å²) in [5.74, 6) is 1.62. The Morgan fingerprint density at radius 3 is 2.76 bits per heavy atom. The quantitative estimate of drug-likeness (QED) is 0.754. The number of imidazole rings is 1. The molecule has 4 N–H and O–H groups in total. The molecule has 2 aliphatic carbocycles. The fourth-order valence-electron chi connectivity index (χ4n) is 3.72. The maximum atomic E-state index is 12.2. The largest absolute Gasteiger partial charge is 0.367 e. The van der Waals surface area contributed by atoms with Crippen LogP contribution < -0.4 is 16.4 Å². The number of aromatic nitrogens is 2. The van der Waals surface area contributed by atoms with Gasteiger partial charge in [-0.1, -0.05) is 19.3 Å². The number of carbonyl (C=O) groups excluding carboxylic acids is 1. The third-order valence-electron chi connectivity index (χ3n) is 5.26. The predicted molar refractivity (Wildman–Crippen MR) is 99.1 cm³/mol. The number of nitrogens with zero attached hydrogens (tertiary/aromatic N) is 2. The zero-order valence-corrected chi connectivity index (χ0v) is 14.6. The number of nitrogens with two attached hydrogens (primary N) is 1. The Morgan fingerprint density at radius 1 is 1.24 bits per heavy atom. The lowest BCUT2D eigenvalue weighted by Crippen LogP contribution is -2.29. The molecule has 0 aliphatic heterocycles. The summed E-state index contributed by atoms with van der Waals surface area (Å²) in [4.78, 5) is 17.0. The van der Waals surface area contributed by atoms with Crippen molar-refractivity contribution in [2.45, 2.75) is 56.9 Å². The molecule has 6 nitrogen and oxygen atoms in total. The number of carbonyl (C=O) groups is 1. The van der Waals surface area contributed by atoms with E-state index >= 15 is 0 Å². The van der Waals surface area contributed by atoms with Crippen molar-refractivity contribution < 1.29 is 4.79 Å². The molecule has 0 bridgehead atoms. The summed E-state index contributed by atoms with van der Waals surface area (Å²) in [5.41, 5.74) is 8.11. The van der Waals surface area contributed by atoms with Gasteiger partial charge in [-0.05, 0) is 37.8 Å². The van der Waals surface area contributed by atoms with Gasteiger partial charge in [0.05, 0.1) is 5.69 Å². The van der Waals surface area contributed by atoms with Gasteiger partial charge in [0.25, 0.3) is 5.91 Å². The van der Waals surface area contributed by atoms with E-state index in [1.54, 1.807) is 0 Å². The zero-order valence-electron chi connectivity index (χ0n) is 14.6. The van der Waals surface area contributed by atoms with E-state index in [9.17, 15) is 4.79 Å². The van der Waals surface area contributed by atoms with Crippen LogP contribution in [0.5, 0.6) is 0 Å². The Kier molecular flexibility index (Phi) is 4.61. The first-order valence-corrected chi connectivity index (χ1v) is 9.53. The van der Waals surface area contributed by atoms with Crippen molar-refractivity contribution >= 4 is 17.4 Å². The maximum Gasteiger partial charge on any atom is 0.251 e. The van der Waals surface area contributed by atoms with Crippen LogP contribution in [0.3, 0.4) is 0 Å². The number of pyridine rings is 1. The first kappa shape index (κ1) is 16.4. The zero-order chi connectivity index (χ0) is 17.2. The van der Waals surface area contributed by atoms with Crippen LogP contribution in [-0.2, 0) is 0 Å². The van der Waals surface area contributed by atoms with Gasteiger partial charge in [-0.2, -0.15) is 0 Å². The number of nitrogens with one attached hydrogen (secondary N) is 2. The summed E-state index contributed by atoms with van der Waals surface area (Å²) in [5, 5.41) is 6.58. The number of anilines is 1. The Morgan fingerprint density at radius 2 is 2.04 bits per heavy atom. The standard InChI is InChI=1S/C19H27N5O/c20-9-10-21-19(25)14-8-11-24-16(12-14)23-17(13-6-7-13)18(24)22-15-4-2-1-3-5-15/h8,11-13,15,22H,1-7,9-10,20H2,(H,21,25). The molecule has 2 heterocycles. The summed E-state index contributed by atoms with van der Waals surface area (Å²) in [6.45, 7) is 0.929. The van der Waals surface area contributed by atoms with Crippen molar-refractivity contribution in [1.29, 1.82) is 0 Å². The monoisotopic (exact) mass is 341 g/mol. The number of fused-ring (bicyclic) bond motifs is 1. The molecule has 0 aromatic carbocycles. The molecule has 0 spiro atoms. The van der Waals surface area contributed by atoms with Crippen LogP contribution in [0.1, 0.15) is 66.9 Å². The van der Waals surface area contributed by atoms with E-state index in [4.69, 9.17) is 10.7 Å². The average molecular weight is 341 g/mol. The van der Waals surface area contributed by atoms with E-state index in [2.05, 4.69) is 15.0 Å². The lowest BCUT2D eigenvalue weighted by atomic mass is 9.95. The molecule has 1 amide bonds. The Labute approximate surface area is 148 Å². The Hall–Kier alpha value is -2.08. The summed E-state index contributed by atoms with van der Waals surface area (Å²) >= 11 is 0. The predicted octanol–water partition coefficient (Wildman–Crippen LogP) is 2.64. The number of rotatable bonds is 6. The lowest BCUT2D eigenvalue weighted by Gasteiger charge is -2.24. The van der Waals surface area contributed by atoms with E-state index in [-0.39, 0.29) is 5.91 Å². The van der Waals surface area contributed by atoms with Gasteiger partial charge in [-0.3, -0.25) is 9.20 Å². The van der Waals surface area contributed by atoms with Gasteiger partial charge in [0.2, 0.25) is 0 Å². The van der Waals surface area contributed by atoms with Gasteiger partial charge in [0, 0.05) is 36.8 Å². The summed E-state index contributed by atoms with van der Waals surface area (Å²) in [6.07, 6.45) is 10.8. The fraction of sp³-hybridized carbons (Fsp3) is 0.579. The van der Waals surface area contributed by atoms with E-state index in [0.29, 0.717) is 30.6 Å². The minimum Gasteiger partial charge on any atom is -0.367 e. The lowest BCUT2D eigenvalue weighted by molar-refractivity contribution is 0.0954. The van der Waals surface area contributed by atoms with Crippen molar-refractivity contribution in [3.8, 4) is 0 Å². The molecule has 2 aliphatic rings. The molecular weight excluding hydrogens is 314 g/mol. The van der Waals surface area contributed by atoms with Gasteiger partial charge in [0.15, 0.2) is 0 Å². The molecule has 0 saturated heterocycles. The van der Waals surface area contributed by atoms with Crippen LogP contribution in [0, 0.1) is 0 Å². The third kappa shape index (κ3) is 3.49. The van der Waals surface area contributed by atoms with Crippen LogP contribution in [-0.4, -0.2) is 34.4 Å². The van der Waals surface area contributed by atoms with Crippen molar-refractivity contribution in [3.63, 3.8) is 0 Å². The highest BCUT2D eigenvalue weighted by molar-refractivity contribution is 5.95. The minimum atomic E-state index is -0.0919. The molecule has 2 saturated carbocycles. The molecule has 2 aromatic heterocycles. The van der Waals surface area contributed by atoms with E-state index < -0.39 is 0 Å². The normalized spacial score (nSPS) is 18.4. The molecule has 0 radical (unpaired) electrons. The molecule has 6 heteroatoms. The average Bonchev–Trinajstić information content (AvgIpc) is 3.43. The van der Waals surface area contributed by atoms with Crippen LogP contribution in [0.4, 0.5) is 5.82 Å². The van der Waals surface area contributed by atoms with Gasteiger partial charge >= 0.3 is 0 Å². The topological polar surface area (TPSA) is 84.5 Å². The van der Waals surface area contributed by atoms with Crippen LogP contribution in [0.2, 0.25) is 0 Å². The van der Waals surface area contributed by atoms with Crippen molar-refractivity contribution in [1.82, 2.24) is 14.7 Å².